The van der Waals surface area contributed by atoms with Gasteiger partial charge in [0.1, 0.15) is 0 Å². The van der Waals surface area contributed by atoms with Crippen LogP contribution in [0.25, 0.3) is 0 Å². The van der Waals surface area contributed by atoms with Gasteiger partial charge < -0.3 is 5.73 Å². The zero-order chi connectivity index (χ0) is 11.9. The van der Waals surface area contributed by atoms with Crippen LogP contribution in [0.3, 0.4) is 0 Å². The van der Waals surface area contributed by atoms with Crippen LogP contribution in [0.5, 0.6) is 0 Å². The molecule has 1 rings (SSSR count). The highest BCUT2D eigenvalue weighted by atomic mass is 35.5. The van der Waals surface area contributed by atoms with Crippen LogP contribution >= 0.6 is 12.4 Å². The third kappa shape index (κ3) is 3.32. The zero-order valence-corrected chi connectivity index (χ0v) is 12.0. The van der Waals surface area contributed by atoms with Gasteiger partial charge in [-0.3, -0.25) is 0 Å². The van der Waals surface area contributed by atoms with Crippen molar-refractivity contribution in [1.29, 1.82) is 0 Å². The molecule has 98 valence electrons. The molecular weight excluding hydrogens is 248 g/mol. The molecule has 3 N–H and O–H groups in total. The summed E-state index contributed by atoms with van der Waals surface area (Å²) in [6, 6.07) is 0. The molecular formula is C10H23ClN2O2S. The van der Waals surface area contributed by atoms with Gasteiger partial charge in [-0.05, 0) is 31.1 Å². The number of sulfonamides is 1. The fourth-order valence-electron chi connectivity index (χ4n) is 2.23. The largest absolute Gasteiger partial charge is 0.325 e. The van der Waals surface area contributed by atoms with Gasteiger partial charge in [0.2, 0.25) is 10.0 Å². The topological polar surface area (TPSA) is 72.2 Å². The molecule has 0 amide bonds. The smallest absolute Gasteiger partial charge is 0.208 e. The molecule has 0 heterocycles. The van der Waals surface area contributed by atoms with E-state index in [4.69, 9.17) is 5.73 Å². The summed E-state index contributed by atoms with van der Waals surface area (Å²) >= 11 is 0. The molecule has 1 saturated carbocycles. The van der Waals surface area contributed by atoms with Gasteiger partial charge in [-0.2, -0.15) is 0 Å². The molecule has 1 aliphatic carbocycles. The average Bonchev–Trinajstić information content (AvgIpc) is 2.19. The van der Waals surface area contributed by atoms with E-state index < -0.39 is 10.0 Å². The van der Waals surface area contributed by atoms with Crippen LogP contribution in [-0.4, -0.2) is 26.8 Å². The molecule has 0 spiro atoms. The maximum Gasteiger partial charge on any atom is 0.208 e. The third-order valence-electron chi connectivity index (χ3n) is 4.10. The fraction of sp³-hybridized carbons (Fsp3) is 1.00. The first kappa shape index (κ1) is 16.2. The van der Waals surface area contributed by atoms with Crippen molar-refractivity contribution in [3.63, 3.8) is 0 Å². The average molecular weight is 271 g/mol. The van der Waals surface area contributed by atoms with Crippen LogP contribution in [0.2, 0.25) is 0 Å². The second kappa shape index (κ2) is 4.80. The van der Waals surface area contributed by atoms with Crippen LogP contribution in [0.4, 0.5) is 0 Å². The van der Waals surface area contributed by atoms with E-state index in [1.54, 1.807) is 0 Å². The Morgan fingerprint density at radius 2 is 1.88 bits per heavy atom. The van der Waals surface area contributed by atoms with Gasteiger partial charge in [-0.15, -0.1) is 12.4 Å². The van der Waals surface area contributed by atoms with E-state index in [1.807, 2.05) is 6.92 Å². The molecule has 0 saturated heterocycles. The molecule has 0 aromatic rings. The highest BCUT2D eigenvalue weighted by molar-refractivity contribution is 7.88. The molecule has 0 aromatic carbocycles. The Morgan fingerprint density at radius 1 is 1.38 bits per heavy atom. The van der Waals surface area contributed by atoms with Crippen molar-refractivity contribution in [1.82, 2.24) is 4.72 Å². The number of hydrogen-bond donors (Lipinski definition) is 2. The highest BCUT2D eigenvalue weighted by Gasteiger charge is 2.48. The minimum atomic E-state index is -3.09. The second-order valence-corrected chi connectivity index (χ2v) is 7.33. The zero-order valence-electron chi connectivity index (χ0n) is 10.4. The predicted molar refractivity (Wildman–Crippen MR) is 69.2 cm³/mol. The Bertz CT molecular complexity index is 339. The lowest BCUT2D eigenvalue weighted by atomic mass is 9.72. The number of nitrogens with two attached hydrogens (primary N) is 1. The first-order chi connectivity index (χ1) is 6.56. The number of halogens is 1. The summed E-state index contributed by atoms with van der Waals surface area (Å²) in [5, 5.41) is 0. The van der Waals surface area contributed by atoms with Crippen molar-refractivity contribution in [3.8, 4) is 0 Å². The van der Waals surface area contributed by atoms with E-state index in [-0.39, 0.29) is 23.4 Å². The summed E-state index contributed by atoms with van der Waals surface area (Å²) in [4.78, 5) is 0. The Hall–Kier alpha value is 0.160. The molecule has 0 unspecified atom stereocenters. The highest BCUT2D eigenvalue weighted by Crippen LogP contribution is 2.48. The monoisotopic (exact) mass is 270 g/mol. The van der Waals surface area contributed by atoms with Gasteiger partial charge in [-0.1, -0.05) is 13.8 Å². The number of hydrogen-bond acceptors (Lipinski definition) is 3. The van der Waals surface area contributed by atoms with E-state index in [9.17, 15) is 8.42 Å². The van der Waals surface area contributed by atoms with Gasteiger partial charge in [-0.25, -0.2) is 13.1 Å². The Labute approximate surface area is 105 Å². The van der Waals surface area contributed by atoms with Crippen molar-refractivity contribution >= 4 is 22.4 Å². The predicted octanol–water partition coefficient (Wildman–Crippen LogP) is 1.11. The molecule has 0 radical (unpaired) electrons. The second-order valence-electron chi connectivity index (χ2n) is 5.50. The lowest BCUT2D eigenvalue weighted by Gasteiger charge is -2.38. The van der Waals surface area contributed by atoms with E-state index in [2.05, 4.69) is 18.6 Å². The maximum absolute atomic E-state index is 11.0. The summed E-state index contributed by atoms with van der Waals surface area (Å²) in [6.45, 7) is 6.79. The summed E-state index contributed by atoms with van der Waals surface area (Å²) in [5.41, 5.74) is 5.99. The molecule has 6 heteroatoms. The van der Waals surface area contributed by atoms with Crippen LogP contribution in [0.1, 0.15) is 33.6 Å². The van der Waals surface area contributed by atoms with Gasteiger partial charge in [0.15, 0.2) is 0 Å². The molecule has 1 fully saturated rings. The van der Waals surface area contributed by atoms with Crippen LogP contribution in [0, 0.1) is 11.3 Å². The summed E-state index contributed by atoms with van der Waals surface area (Å²) in [5.74, 6) is 0.322. The van der Waals surface area contributed by atoms with Crippen molar-refractivity contribution < 1.29 is 8.42 Å². The van der Waals surface area contributed by atoms with Gasteiger partial charge >= 0.3 is 0 Å². The quantitative estimate of drug-likeness (QED) is 0.807. The standard InChI is InChI=1S/C10H22N2O2S.ClH/c1-9(2)8(5-6-10(9,3)11)7-12-15(4,13)14;/h8,12H,5-7,11H2,1-4H3;1H/t8-,10-;/m1./s1. The van der Waals surface area contributed by atoms with Gasteiger partial charge in [0.05, 0.1) is 6.26 Å². The van der Waals surface area contributed by atoms with Crippen molar-refractivity contribution in [2.75, 3.05) is 12.8 Å². The molecule has 0 aromatic heterocycles. The van der Waals surface area contributed by atoms with Gasteiger partial charge in [0, 0.05) is 12.1 Å². The summed E-state index contributed by atoms with van der Waals surface area (Å²) < 4.78 is 24.6. The SMILES string of the molecule is CC1(C)[C@@H](CNS(C)(=O)=O)CC[C@@]1(C)N.Cl. The molecule has 0 bridgehead atoms. The Kier molecular flexibility index (Phi) is 4.85. The molecule has 0 aliphatic heterocycles. The van der Waals surface area contributed by atoms with Crippen LogP contribution in [-0.2, 0) is 10.0 Å². The van der Waals surface area contributed by atoms with Crippen molar-refractivity contribution in [2.24, 2.45) is 17.1 Å². The summed E-state index contributed by atoms with van der Waals surface area (Å²) in [6.07, 6.45) is 3.13. The molecule has 2 atom stereocenters. The van der Waals surface area contributed by atoms with Crippen molar-refractivity contribution in [2.45, 2.75) is 39.2 Å². The maximum atomic E-state index is 11.0. The first-order valence-corrected chi connectivity index (χ1v) is 7.19. The van der Waals surface area contributed by atoms with Crippen LogP contribution < -0.4 is 10.5 Å². The molecule has 16 heavy (non-hydrogen) atoms. The minimum Gasteiger partial charge on any atom is -0.325 e. The lowest BCUT2D eigenvalue weighted by Crippen LogP contribution is -2.49. The third-order valence-corrected chi connectivity index (χ3v) is 4.79. The van der Waals surface area contributed by atoms with Crippen LogP contribution in [0.15, 0.2) is 0 Å². The molecule has 4 nitrogen and oxygen atoms in total. The number of nitrogens with one attached hydrogen (secondary N) is 1. The van der Waals surface area contributed by atoms with E-state index in [0.717, 1.165) is 12.8 Å². The first-order valence-electron chi connectivity index (χ1n) is 5.30. The fourth-order valence-corrected chi connectivity index (χ4v) is 2.74. The Balaban J connectivity index is 0.00000225. The van der Waals surface area contributed by atoms with E-state index in [1.165, 1.54) is 6.26 Å². The van der Waals surface area contributed by atoms with Gasteiger partial charge in [0.25, 0.3) is 0 Å². The lowest BCUT2D eigenvalue weighted by molar-refractivity contribution is 0.166. The van der Waals surface area contributed by atoms with E-state index >= 15 is 0 Å². The normalized spacial score (nSPS) is 33.4. The molecule has 1 aliphatic rings. The van der Waals surface area contributed by atoms with Crippen molar-refractivity contribution in [3.05, 3.63) is 0 Å². The Morgan fingerprint density at radius 3 is 2.19 bits per heavy atom. The number of rotatable bonds is 3. The minimum absolute atomic E-state index is 0. The summed E-state index contributed by atoms with van der Waals surface area (Å²) in [7, 11) is -3.09. The van der Waals surface area contributed by atoms with E-state index in [0.29, 0.717) is 12.5 Å².